The smallest absolute Gasteiger partial charge is 0.308 e. The van der Waals surface area contributed by atoms with E-state index in [-0.39, 0.29) is 23.7 Å². The van der Waals surface area contributed by atoms with Crippen molar-refractivity contribution in [3.63, 3.8) is 0 Å². The van der Waals surface area contributed by atoms with Crippen molar-refractivity contribution in [1.29, 1.82) is 0 Å². The van der Waals surface area contributed by atoms with Crippen molar-refractivity contribution in [3.8, 4) is 0 Å². The highest BCUT2D eigenvalue weighted by Crippen LogP contribution is 2.33. The van der Waals surface area contributed by atoms with Gasteiger partial charge in [-0.25, -0.2) is 0 Å². The Balaban J connectivity index is 2.42. The lowest BCUT2D eigenvalue weighted by atomic mass is 9.76. The second-order valence-electron chi connectivity index (χ2n) is 4.26. The van der Waals surface area contributed by atoms with Crippen molar-refractivity contribution in [1.82, 2.24) is 0 Å². The lowest BCUT2D eigenvalue weighted by Gasteiger charge is -2.29. The second kappa shape index (κ2) is 5.14. The normalized spacial score (nSPS) is 28.1. The summed E-state index contributed by atoms with van der Waals surface area (Å²) in [6.07, 6.45) is 3.14. The Morgan fingerprint density at radius 1 is 1.27 bits per heavy atom. The van der Waals surface area contributed by atoms with Crippen LogP contribution >= 0.6 is 0 Å². The molecule has 1 unspecified atom stereocenters. The molecule has 4 heteroatoms. The molecule has 0 aromatic heterocycles. The molecule has 0 spiro atoms. The highest BCUT2D eigenvalue weighted by atomic mass is 16.5. The first-order chi connectivity index (χ1) is 7.06. The molecule has 0 heterocycles. The summed E-state index contributed by atoms with van der Waals surface area (Å²) < 4.78 is 4.68. The Hall–Kier alpha value is -1.06. The van der Waals surface area contributed by atoms with E-state index in [2.05, 4.69) is 4.74 Å². The number of carbonyl (C=O) groups excluding carboxylic acids is 1. The van der Waals surface area contributed by atoms with Crippen LogP contribution in [0.1, 0.15) is 32.6 Å². The van der Waals surface area contributed by atoms with Gasteiger partial charge in [0.1, 0.15) is 0 Å². The number of carboxylic acid groups (broad SMARTS) is 1. The lowest BCUT2D eigenvalue weighted by molar-refractivity contribution is -0.147. The van der Waals surface area contributed by atoms with Crippen molar-refractivity contribution in [2.45, 2.75) is 32.6 Å². The zero-order valence-corrected chi connectivity index (χ0v) is 9.23. The van der Waals surface area contributed by atoms with E-state index in [9.17, 15) is 9.59 Å². The molecule has 15 heavy (non-hydrogen) atoms. The first-order valence-corrected chi connectivity index (χ1v) is 5.37. The summed E-state index contributed by atoms with van der Waals surface area (Å²) in [5.41, 5.74) is 0. The molecule has 0 aliphatic heterocycles. The van der Waals surface area contributed by atoms with Crippen LogP contribution in [0.2, 0.25) is 0 Å². The fraction of sp³-hybridized carbons (Fsp3) is 0.818. The summed E-state index contributed by atoms with van der Waals surface area (Å²) in [6.45, 7) is 1.74. The van der Waals surface area contributed by atoms with Gasteiger partial charge in [-0.15, -0.1) is 0 Å². The van der Waals surface area contributed by atoms with E-state index in [1.54, 1.807) is 6.92 Å². The topological polar surface area (TPSA) is 63.6 Å². The number of ether oxygens (including phenoxy) is 1. The highest BCUT2D eigenvalue weighted by molar-refractivity contribution is 5.72. The van der Waals surface area contributed by atoms with Crippen LogP contribution in [0.4, 0.5) is 0 Å². The van der Waals surface area contributed by atoms with Gasteiger partial charge in [-0.3, -0.25) is 9.59 Å². The number of methoxy groups -OCH3 is 1. The first-order valence-electron chi connectivity index (χ1n) is 5.37. The third-order valence-electron chi connectivity index (χ3n) is 3.40. The van der Waals surface area contributed by atoms with Crippen LogP contribution in [0.3, 0.4) is 0 Å². The van der Waals surface area contributed by atoms with Crippen LogP contribution in [0, 0.1) is 17.8 Å². The number of aliphatic carboxylic acids is 1. The minimum Gasteiger partial charge on any atom is -0.481 e. The molecule has 0 saturated heterocycles. The Morgan fingerprint density at radius 2 is 1.80 bits per heavy atom. The molecule has 1 rings (SSSR count). The maximum Gasteiger partial charge on any atom is 0.308 e. The molecular weight excluding hydrogens is 196 g/mol. The van der Waals surface area contributed by atoms with Gasteiger partial charge in [0.15, 0.2) is 0 Å². The molecule has 0 amide bonds. The van der Waals surface area contributed by atoms with Gasteiger partial charge < -0.3 is 9.84 Å². The zero-order valence-electron chi connectivity index (χ0n) is 9.23. The maximum absolute atomic E-state index is 11.2. The van der Waals surface area contributed by atoms with Crippen LogP contribution in [0.15, 0.2) is 0 Å². The van der Waals surface area contributed by atoms with E-state index in [0.29, 0.717) is 0 Å². The molecule has 1 atom stereocenters. The van der Waals surface area contributed by atoms with Gasteiger partial charge >= 0.3 is 11.9 Å². The standard InChI is InChI=1S/C11H18O4/c1-7(10(12)13)8-3-5-9(6-4-8)11(14)15-2/h7-9H,3-6H2,1-2H3,(H,12,13). The predicted octanol–water partition coefficient (Wildman–Crippen LogP) is 1.69. The lowest BCUT2D eigenvalue weighted by Crippen LogP contribution is -2.28. The molecule has 4 nitrogen and oxygen atoms in total. The SMILES string of the molecule is COC(=O)C1CCC(C(C)C(=O)O)CC1. The van der Waals surface area contributed by atoms with Crippen LogP contribution < -0.4 is 0 Å². The highest BCUT2D eigenvalue weighted by Gasteiger charge is 2.31. The van der Waals surface area contributed by atoms with Gasteiger partial charge in [0.25, 0.3) is 0 Å². The van der Waals surface area contributed by atoms with Gasteiger partial charge in [0, 0.05) is 0 Å². The molecule has 86 valence electrons. The second-order valence-corrected chi connectivity index (χ2v) is 4.26. The molecular formula is C11H18O4. The summed E-state index contributed by atoms with van der Waals surface area (Å²) in [5.74, 6) is -1.01. The molecule has 0 radical (unpaired) electrons. The van der Waals surface area contributed by atoms with E-state index in [0.717, 1.165) is 25.7 Å². The summed E-state index contributed by atoms with van der Waals surface area (Å²) in [5, 5.41) is 8.86. The van der Waals surface area contributed by atoms with Gasteiger partial charge in [0.05, 0.1) is 18.9 Å². The third-order valence-corrected chi connectivity index (χ3v) is 3.40. The summed E-state index contributed by atoms with van der Waals surface area (Å²) in [4.78, 5) is 22.0. The molecule has 1 N–H and O–H groups in total. The quantitative estimate of drug-likeness (QED) is 0.726. The number of carboxylic acids is 1. The predicted molar refractivity (Wildman–Crippen MR) is 54.3 cm³/mol. The van der Waals surface area contributed by atoms with E-state index in [1.807, 2.05) is 0 Å². The van der Waals surface area contributed by atoms with E-state index in [4.69, 9.17) is 5.11 Å². The molecule has 0 aromatic carbocycles. The Bertz CT molecular complexity index is 241. The van der Waals surface area contributed by atoms with Crippen LogP contribution in [0.5, 0.6) is 0 Å². The monoisotopic (exact) mass is 214 g/mol. The van der Waals surface area contributed by atoms with E-state index in [1.165, 1.54) is 7.11 Å². The molecule has 0 aromatic rings. The average molecular weight is 214 g/mol. The van der Waals surface area contributed by atoms with Gasteiger partial charge in [-0.05, 0) is 31.6 Å². The Morgan fingerprint density at radius 3 is 2.20 bits per heavy atom. The maximum atomic E-state index is 11.2. The zero-order chi connectivity index (χ0) is 11.4. The number of esters is 1. The van der Waals surface area contributed by atoms with Gasteiger partial charge in [-0.1, -0.05) is 6.92 Å². The number of hydrogen-bond acceptors (Lipinski definition) is 3. The van der Waals surface area contributed by atoms with Crippen molar-refractivity contribution in [3.05, 3.63) is 0 Å². The van der Waals surface area contributed by atoms with Crippen molar-refractivity contribution in [2.75, 3.05) is 7.11 Å². The van der Waals surface area contributed by atoms with Crippen LogP contribution in [-0.2, 0) is 14.3 Å². The van der Waals surface area contributed by atoms with Crippen molar-refractivity contribution >= 4 is 11.9 Å². The Labute approximate surface area is 89.6 Å². The number of hydrogen-bond donors (Lipinski definition) is 1. The van der Waals surface area contributed by atoms with Gasteiger partial charge in [-0.2, -0.15) is 0 Å². The fourth-order valence-corrected chi connectivity index (χ4v) is 2.22. The molecule has 1 aliphatic rings. The van der Waals surface area contributed by atoms with Crippen LogP contribution in [-0.4, -0.2) is 24.2 Å². The van der Waals surface area contributed by atoms with Crippen molar-refractivity contribution < 1.29 is 19.4 Å². The van der Waals surface area contributed by atoms with Crippen molar-refractivity contribution in [2.24, 2.45) is 17.8 Å². The van der Waals surface area contributed by atoms with Crippen LogP contribution in [0.25, 0.3) is 0 Å². The van der Waals surface area contributed by atoms with E-state index < -0.39 is 5.97 Å². The average Bonchev–Trinajstić information content (AvgIpc) is 2.27. The molecule has 1 aliphatic carbocycles. The third kappa shape index (κ3) is 2.94. The summed E-state index contributed by atoms with van der Waals surface area (Å²) in [7, 11) is 1.40. The molecule has 1 fully saturated rings. The minimum atomic E-state index is -0.739. The fourth-order valence-electron chi connectivity index (χ4n) is 2.22. The largest absolute Gasteiger partial charge is 0.481 e. The van der Waals surface area contributed by atoms with Gasteiger partial charge in [0.2, 0.25) is 0 Å². The summed E-state index contributed by atoms with van der Waals surface area (Å²) in [6, 6.07) is 0. The minimum absolute atomic E-state index is 0.0211. The molecule has 1 saturated carbocycles. The summed E-state index contributed by atoms with van der Waals surface area (Å²) >= 11 is 0. The Kier molecular flexibility index (Phi) is 4.12. The first kappa shape index (κ1) is 12.0. The van der Waals surface area contributed by atoms with E-state index >= 15 is 0 Å². The number of carbonyl (C=O) groups is 2. The molecule has 0 bridgehead atoms. The number of rotatable bonds is 3.